The molecule has 0 bridgehead atoms. The Labute approximate surface area is 191 Å². The summed E-state index contributed by atoms with van der Waals surface area (Å²) in [7, 11) is -3.77. The number of rotatable bonds is 5. The highest BCUT2D eigenvalue weighted by Crippen LogP contribution is 2.26. The minimum atomic E-state index is -3.77. The largest absolute Gasteiger partial charge is 0.332 e. The van der Waals surface area contributed by atoms with E-state index >= 15 is 0 Å². The van der Waals surface area contributed by atoms with Crippen molar-refractivity contribution in [3.05, 3.63) is 81.8 Å². The van der Waals surface area contributed by atoms with E-state index < -0.39 is 10.0 Å². The van der Waals surface area contributed by atoms with Crippen LogP contribution in [0.25, 0.3) is 0 Å². The van der Waals surface area contributed by atoms with E-state index in [0.29, 0.717) is 21.5 Å². The Morgan fingerprint density at radius 3 is 1.93 bits per heavy atom. The van der Waals surface area contributed by atoms with E-state index in [1.54, 1.807) is 18.2 Å². The molecular weight excluding hydrogens is 461 g/mol. The summed E-state index contributed by atoms with van der Waals surface area (Å²) in [5, 5.41) is 7.19. The van der Waals surface area contributed by atoms with Gasteiger partial charge in [0, 0.05) is 11.4 Å². The van der Waals surface area contributed by atoms with Gasteiger partial charge in [0.05, 0.1) is 20.6 Å². The molecule has 0 spiro atoms. The third kappa shape index (κ3) is 5.86. The van der Waals surface area contributed by atoms with Gasteiger partial charge in [0.1, 0.15) is 0 Å². The summed E-state index contributed by atoms with van der Waals surface area (Å²) in [5.74, 6) is 0. The first-order valence-corrected chi connectivity index (χ1v) is 11.5. The second-order valence-electron chi connectivity index (χ2n) is 6.71. The van der Waals surface area contributed by atoms with Crippen molar-refractivity contribution in [2.24, 2.45) is 0 Å². The van der Waals surface area contributed by atoms with Gasteiger partial charge in [-0.3, -0.25) is 4.72 Å². The van der Waals surface area contributed by atoms with Crippen LogP contribution in [-0.4, -0.2) is 13.5 Å². The van der Waals surface area contributed by atoms with Crippen molar-refractivity contribution in [2.75, 3.05) is 15.4 Å². The van der Waals surface area contributed by atoms with Crippen LogP contribution in [0, 0.1) is 13.8 Å². The molecule has 0 unspecified atom stereocenters. The van der Waals surface area contributed by atoms with E-state index in [1.807, 2.05) is 26.0 Å². The predicted molar refractivity (Wildman–Crippen MR) is 129 cm³/mol. The zero-order valence-corrected chi connectivity index (χ0v) is 19.3. The minimum Gasteiger partial charge on any atom is -0.332 e. The van der Waals surface area contributed by atoms with Crippen molar-refractivity contribution in [3.63, 3.8) is 0 Å². The number of hydrogen-bond donors (Lipinski definition) is 3. The highest BCUT2D eigenvalue weighted by molar-refractivity contribution is 7.92. The SMILES string of the molecule is Cc1cc(C)cc(NC(=S)Nc2ccc(S(=O)(=O)Nc3ccc(Cl)c(Cl)c3)cc2)c1. The lowest BCUT2D eigenvalue weighted by atomic mass is 10.1. The Bertz CT molecular complexity index is 1180. The zero-order chi connectivity index (χ0) is 21.9. The van der Waals surface area contributed by atoms with E-state index in [-0.39, 0.29) is 9.92 Å². The van der Waals surface area contributed by atoms with Gasteiger partial charge < -0.3 is 10.6 Å². The standard InChI is InChI=1S/C21H19Cl2N3O2S2/c1-13-9-14(2)11-17(10-13)25-21(29)24-15-3-6-18(7-4-15)30(27,28)26-16-5-8-19(22)20(23)12-16/h3-12,26H,1-2H3,(H2,24,25,29). The summed E-state index contributed by atoms with van der Waals surface area (Å²) < 4.78 is 27.7. The normalized spacial score (nSPS) is 11.1. The lowest BCUT2D eigenvalue weighted by Gasteiger charge is -2.13. The molecule has 0 saturated heterocycles. The molecule has 3 rings (SSSR count). The second-order valence-corrected chi connectivity index (χ2v) is 9.62. The van der Waals surface area contributed by atoms with Crippen LogP contribution in [-0.2, 0) is 10.0 Å². The van der Waals surface area contributed by atoms with Gasteiger partial charge in [-0.25, -0.2) is 8.42 Å². The number of sulfonamides is 1. The van der Waals surface area contributed by atoms with Gasteiger partial charge in [0.15, 0.2) is 5.11 Å². The van der Waals surface area contributed by atoms with Crippen LogP contribution in [0.4, 0.5) is 17.1 Å². The van der Waals surface area contributed by atoms with Crippen LogP contribution in [0.15, 0.2) is 65.6 Å². The van der Waals surface area contributed by atoms with Crippen LogP contribution in [0.3, 0.4) is 0 Å². The molecule has 0 fully saturated rings. The van der Waals surface area contributed by atoms with Crippen molar-refractivity contribution >= 4 is 67.6 Å². The summed E-state index contributed by atoms with van der Waals surface area (Å²) in [6.45, 7) is 4.03. The number of nitrogens with one attached hydrogen (secondary N) is 3. The Morgan fingerprint density at radius 1 is 0.767 bits per heavy atom. The van der Waals surface area contributed by atoms with E-state index in [1.165, 1.54) is 24.3 Å². The maximum Gasteiger partial charge on any atom is 0.261 e. The summed E-state index contributed by atoms with van der Waals surface area (Å²) in [4.78, 5) is 0.104. The summed E-state index contributed by atoms with van der Waals surface area (Å²) >= 11 is 17.1. The Morgan fingerprint density at radius 2 is 1.33 bits per heavy atom. The maximum atomic E-state index is 12.6. The second kappa shape index (κ2) is 9.22. The molecule has 0 atom stereocenters. The highest BCUT2D eigenvalue weighted by Gasteiger charge is 2.15. The van der Waals surface area contributed by atoms with Gasteiger partial charge in [0.25, 0.3) is 10.0 Å². The number of thiocarbonyl (C=S) groups is 1. The summed E-state index contributed by atoms with van der Waals surface area (Å²) in [6.07, 6.45) is 0. The van der Waals surface area contributed by atoms with Gasteiger partial charge in [-0.2, -0.15) is 0 Å². The Balaban J connectivity index is 1.67. The third-order valence-corrected chi connectivity index (χ3v) is 6.41. The van der Waals surface area contributed by atoms with E-state index in [2.05, 4.69) is 21.4 Å². The van der Waals surface area contributed by atoms with Crippen molar-refractivity contribution in [1.29, 1.82) is 0 Å². The van der Waals surface area contributed by atoms with Gasteiger partial charge in [-0.15, -0.1) is 0 Å². The van der Waals surface area contributed by atoms with Gasteiger partial charge >= 0.3 is 0 Å². The highest BCUT2D eigenvalue weighted by atomic mass is 35.5. The molecule has 3 aromatic carbocycles. The molecule has 0 radical (unpaired) electrons. The molecule has 5 nitrogen and oxygen atoms in total. The molecule has 0 aliphatic carbocycles. The Kier molecular flexibility index (Phi) is 6.88. The fourth-order valence-electron chi connectivity index (χ4n) is 2.83. The van der Waals surface area contributed by atoms with Crippen molar-refractivity contribution < 1.29 is 8.42 Å². The number of aryl methyl sites for hydroxylation is 2. The fraction of sp³-hybridized carbons (Fsp3) is 0.0952. The molecule has 9 heteroatoms. The maximum absolute atomic E-state index is 12.6. The topological polar surface area (TPSA) is 70.2 Å². The molecule has 30 heavy (non-hydrogen) atoms. The molecule has 156 valence electrons. The quantitative estimate of drug-likeness (QED) is 0.378. The first kappa shape index (κ1) is 22.4. The first-order valence-electron chi connectivity index (χ1n) is 8.87. The van der Waals surface area contributed by atoms with Crippen LogP contribution < -0.4 is 15.4 Å². The summed E-state index contributed by atoms with van der Waals surface area (Å²) in [5.41, 5.74) is 4.12. The van der Waals surface area contributed by atoms with Crippen LogP contribution in [0.5, 0.6) is 0 Å². The molecule has 3 aromatic rings. The fourth-order valence-corrected chi connectivity index (χ4v) is 4.41. The van der Waals surface area contributed by atoms with Crippen LogP contribution >= 0.6 is 35.4 Å². The van der Waals surface area contributed by atoms with Crippen molar-refractivity contribution in [1.82, 2.24) is 0 Å². The molecule has 0 aromatic heterocycles. The average Bonchev–Trinajstić information content (AvgIpc) is 2.64. The number of hydrogen-bond acceptors (Lipinski definition) is 3. The molecule has 3 N–H and O–H groups in total. The predicted octanol–water partition coefficient (Wildman–Crippen LogP) is 6.22. The number of anilines is 3. The van der Waals surface area contributed by atoms with Crippen LogP contribution in [0.2, 0.25) is 10.0 Å². The Hall–Kier alpha value is -2.32. The molecule has 0 heterocycles. The van der Waals surface area contributed by atoms with Gasteiger partial charge in [-0.1, -0.05) is 29.3 Å². The zero-order valence-electron chi connectivity index (χ0n) is 16.2. The molecular formula is C21H19Cl2N3O2S2. The first-order chi connectivity index (χ1) is 14.1. The number of benzene rings is 3. The van der Waals surface area contributed by atoms with E-state index in [0.717, 1.165) is 16.8 Å². The average molecular weight is 480 g/mol. The number of halogens is 2. The molecule has 0 aliphatic heterocycles. The van der Waals surface area contributed by atoms with Crippen molar-refractivity contribution in [2.45, 2.75) is 18.7 Å². The van der Waals surface area contributed by atoms with E-state index in [9.17, 15) is 8.42 Å². The summed E-state index contributed by atoms with van der Waals surface area (Å²) in [6, 6.07) is 16.8. The molecule has 0 aliphatic rings. The monoisotopic (exact) mass is 479 g/mol. The van der Waals surface area contributed by atoms with Gasteiger partial charge in [-0.05, 0) is 91.8 Å². The third-order valence-electron chi connectivity index (χ3n) is 4.07. The smallest absolute Gasteiger partial charge is 0.261 e. The van der Waals surface area contributed by atoms with Gasteiger partial charge in [0.2, 0.25) is 0 Å². The van der Waals surface area contributed by atoms with Crippen molar-refractivity contribution in [3.8, 4) is 0 Å². The van der Waals surface area contributed by atoms with E-state index in [4.69, 9.17) is 35.4 Å². The minimum absolute atomic E-state index is 0.104. The lowest BCUT2D eigenvalue weighted by molar-refractivity contribution is 0.601. The van der Waals surface area contributed by atoms with Crippen LogP contribution in [0.1, 0.15) is 11.1 Å². The molecule has 0 amide bonds. The molecule has 0 saturated carbocycles. The lowest BCUT2D eigenvalue weighted by Crippen LogP contribution is -2.19.